The molecule has 0 bridgehead atoms. The summed E-state index contributed by atoms with van der Waals surface area (Å²) in [4.78, 5) is 34.9. The molecule has 0 fully saturated rings. The molecule has 0 radical (unpaired) electrons. The Labute approximate surface area is 111 Å². The lowest BCUT2D eigenvalue weighted by molar-refractivity contribution is -0.138. The Hall–Kier alpha value is -2.37. The van der Waals surface area contributed by atoms with E-state index in [1.165, 1.54) is 11.9 Å². The Morgan fingerprint density at radius 3 is 2.42 bits per heavy atom. The fourth-order valence-corrected chi connectivity index (χ4v) is 1.37. The molecule has 102 valence electrons. The molecule has 1 aromatic rings. The van der Waals surface area contributed by atoms with Crippen LogP contribution in [0.25, 0.3) is 0 Å². The molecule has 19 heavy (non-hydrogen) atoms. The molecule has 2 amide bonds. The molecule has 1 aromatic carbocycles. The maximum Gasteiger partial charge on any atom is 0.305 e. The van der Waals surface area contributed by atoms with Crippen LogP contribution >= 0.6 is 0 Å². The van der Waals surface area contributed by atoms with Gasteiger partial charge in [0.15, 0.2) is 0 Å². The number of aliphatic carboxylic acids is 1. The van der Waals surface area contributed by atoms with Gasteiger partial charge in [-0.15, -0.1) is 0 Å². The highest BCUT2D eigenvalue weighted by molar-refractivity contribution is 5.96. The molecule has 0 heterocycles. The Kier molecular flexibility index (Phi) is 5.53. The van der Waals surface area contributed by atoms with Crippen molar-refractivity contribution in [2.45, 2.75) is 6.42 Å². The number of benzene rings is 1. The molecule has 2 N–H and O–H groups in total. The van der Waals surface area contributed by atoms with Gasteiger partial charge < -0.3 is 15.3 Å². The molecule has 6 heteroatoms. The van der Waals surface area contributed by atoms with E-state index in [-0.39, 0.29) is 31.3 Å². The van der Waals surface area contributed by atoms with Crippen LogP contribution in [0.1, 0.15) is 16.8 Å². The SMILES string of the molecule is CN(CCC(=O)O)C(=O)CNC(=O)c1ccccc1. The van der Waals surface area contributed by atoms with Crippen molar-refractivity contribution in [1.29, 1.82) is 0 Å². The Morgan fingerprint density at radius 2 is 1.84 bits per heavy atom. The second-order valence-corrected chi connectivity index (χ2v) is 4.01. The summed E-state index contributed by atoms with van der Waals surface area (Å²) < 4.78 is 0. The normalized spacial score (nSPS) is 9.74. The number of carbonyl (C=O) groups excluding carboxylic acids is 2. The summed E-state index contributed by atoms with van der Waals surface area (Å²) in [5.41, 5.74) is 0.475. The van der Waals surface area contributed by atoms with Gasteiger partial charge in [0.2, 0.25) is 5.91 Å². The first-order valence-corrected chi connectivity index (χ1v) is 5.79. The van der Waals surface area contributed by atoms with Crippen LogP contribution in [-0.4, -0.2) is 47.9 Å². The molecule has 0 atom stereocenters. The monoisotopic (exact) mass is 264 g/mol. The van der Waals surface area contributed by atoms with E-state index < -0.39 is 5.97 Å². The average Bonchev–Trinajstić information content (AvgIpc) is 2.42. The number of hydrogen-bond acceptors (Lipinski definition) is 3. The number of likely N-dealkylation sites (N-methyl/N-ethyl adjacent to an activating group) is 1. The van der Waals surface area contributed by atoms with Crippen LogP contribution in [0.15, 0.2) is 30.3 Å². The summed E-state index contributed by atoms with van der Waals surface area (Å²) in [6.45, 7) is -0.0286. The van der Waals surface area contributed by atoms with Crippen LogP contribution in [-0.2, 0) is 9.59 Å². The number of carbonyl (C=O) groups is 3. The molecule has 0 unspecified atom stereocenters. The molecular weight excluding hydrogens is 248 g/mol. The second kappa shape index (κ2) is 7.15. The number of hydrogen-bond donors (Lipinski definition) is 2. The number of nitrogens with zero attached hydrogens (tertiary/aromatic N) is 1. The summed E-state index contributed by atoms with van der Waals surface area (Å²) in [6.07, 6.45) is -0.116. The molecule has 0 saturated heterocycles. The highest BCUT2D eigenvalue weighted by Gasteiger charge is 2.12. The number of carboxylic acid groups (broad SMARTS) is 1. The molecular formula is C13H16N2O4. The summed E-state index contributed by atoms with van der Waals surface area (Å²) in [5.74, 6) is -1.63. The first-order valence-electron chi connectivity index (χ1n) is 5.79. The van der Waals surface area contributed by atoms with E-state index in [4.69, 9.17) is 5.11 Å². The minimum absolute atomic E-state index is 0.116. The van der Waals surface area contributed by atoms with Crippen molar-refractivity contribution >= 4 is 17.8 Å². The van der Waals surface area contributed by atoms with Gasteiger partial charge in [-0.25, -0.2) is 0 Å². The number of amides is 2. The summed E-state index contributed by atoms with van der Waals surface area (Å²) in [6, 6.07) is 8.55. The molecule has 0 spiro atoms. The van der Waals surface area contributed by atoms with Gasteiger partial charge in [-0.3, -0.25) is 14.4 Å². The maximum atomic E-state index is 11.7. The quantitative estimate of drug-likeness (QED) is 0.776. The topological polar surface area (TPSA) is 86.7 Å². The van der Waals surface area contributed by atoms with Crippen LogP contribution in [0.3, 0.4) is 0 Å². The Balaban J connectivity index is 2.38. The zero-order valence-electron chi connectivity index (χ0n) is 10.6. The van der Waals surface area contributed by atoms with Gasteiger partial charge in [0.1, 0.15) is 0 Å². The smallest absolute Gasteiger partial charge is 0.305 e. The van der Waals surface area contributed by atoms with E-state index in [1.807, 2.05) is 0 Å². The summed E-state index contributed by atoms with van der Waals surface area (Å²) >= 11 is 0. The zero-order chi connectivity index (χ0) is 14.3. The number of nitrogens with one attached hydrogen (secondary N) is 1. The van der Waals surface area contributed by atoms with Crippen LogP contribution in [0.2, 0.25) is 0 Å². The van der Waals surface area contributed by atoms with Crippen molar-refractivity contribution in [1.82, 2.24) is 10.2 Å². The molecule has 0 aliphatic carbocycles. The van der Waals surface area contributed by atoms with Crippen LogP contribution < -0.4 is 5.32 Å². The lowest BCUT2D eigenvalue weighted by Crippen LogP contribution is -2.38. The van der Waals surface area contributed by atoms with Gasteiger partial charge in [0.05, 0.1) is 13.0 Å². The predicted molar refractivity (Wildman–Crippen MR) is 68.7 cm³/mol. The van der Waals surface area contributed by atoms with Crippen molar-refractivity contribution in [2.24, 2.45) is 0 Å². The number of rotatable bonds is 6. The van der Waals surface area contributed by atoms with Gasteiger partial charge in [0, 0.05) is 19.2 Å². The number of carboxylic acids is 1. The van der Waals surface area contributed by atoms with Crippen molar-refractivity contribution in [2.75, 3.05) is 20.1 Å². The lowest BCUT2D eigenvalue weighted by Gasteiger charge is -2.16. The first kappa shape index (κ1) is 14.7. The van der Waals surface area contributed by atoms with E-state index in [0.29, 0.717) is 5.56 Å². The van der Waals surface area contributed by atoms with Crippen molar-refractivity contribution in [3.63, 3.8) is 0 Å². The van der Waals surface area contributed by atoms with Crippen LogP contribution in [0.4, 0.5) is 0 Å². The third-order valence-electron chi connectivity index (χ3n) is 2.52. The molecule has 0 saturated carbocycles. The maximum absolute atomic E-state index is 11.7. The Bertz CT molecular complexity index is 459. The van der Waals surface area contributed by atoms with Gasteiger partial charge in [0.25, 0.3) is 5.91 Å². The van der Waals surface area contributed by atoms with Crippen molar-refractivity contribution < 1.29 is 19.5 Å². The minimum Gasteiger partial charge on any atom is -0.481 e. The van der Waals surface area contributed by atoms with Gasteiger partial charge >= 0.3 is 5.97 Å². The standard InChI is InChI=1S/C13H16N2O4/c1-15(8-7-12(17)18)11(16)9-14-13(19)10-5-3-2-4-6-10/h2-6H,7-9H2,1H3,(H,14,19)(H,17,18). The summed E-state index contributed by atoms with van der Waals surface area (Å²) in [5, 5.41) is 11.0. The molecule has 0 aromatic heterocycles. The molecule has 1 rings (SSSR count). The van der Waals surface area contributed by atoms with E-state index in [9.17, 15) is 14.4 Å². The van der Waals surface area contributed by atoms with E-state index in [0.717, 1.165) is 0 Å². The zero-order valence-corrected chi connectivity index (χ0v) is 10.6. The highest BCUT2D eigenvalue weighted by atomic mass is 16.4. The molecule has 0 aliphatic heterocycles. The van der Waals surface area contributed by atoms with Gasteiger partial charge in [-0.05, 0) is 12.1 Å². The third-order valence-corrected chi connectivity index (χ3v) is 2.52. The second-order valence-electron chi connectivity index (χ2n) is 4.01. The van der Waals surface area contributed by atoms with Crippen LogP contribution in [0, 0.1) is 0 Å². The van der Waals surface area contributed by atoms with E-state index in [1.54, 1.807) is 30.3 Å². The fourth-order valence-electron chi connectivity index (χ4n) is 1.37. The van der Waals surface area contributed by atoms with Gasteiger partial charge in [-0.1, -0.05) is 18.2 Å². The molecule has 6 nitrogen and oxygen atoms in total. The van der Waals surface area contributed by atoms with Crippen molar-refractivity contribution in [3.05, 3.63) is 35.9 Å². The van der Waals surface area contributed by atoms with E-state index in [2.05, 4.69) is 5.32 Å². The van der Waals surface area contributed by atoms with Gasteiger partial charge in [-0.2, -0.15) is 0 Å². The minimum atomic E-state index is -0.965. The van der Waals surface area contributed by atoms with Crippen LogP contribution in [0.5, 0.6) is 0 Å². The fraction of sp³-hybridized carbons (Fsp3) is 0.308. The largest absolute Gasteiger partial charge is 0.481 e. The first-order chi connectivity index (χ1) is 9.00. The average molecular weight is 264 g/mol. The summed E-state index contributed by atoms with van der Waals surface area (Å²) in [7, 11) is 1.50. The predicted octanol–water partition coefficient (Wildman–Crippen LogP) is 0.350. The Morgan fingerprint density at radius 1 is 1.21 bits per heavy atom. The highest BCUT2D eigenvalue weighted by Crippen LogP contribution is 1.97. The lowest BCUT2D eigenvalue weighted by atomic mass is 10.2. The molecule has 0 aliphatic rings. The van der Waals surface area contributed by atoms with E-state index >= 15 is 0 Å². The third kappa shape index (κ3) is 5.20. The van der Waals surface area contributed by atoms with Crippen molar-refractivity contribution in [3.8, 4) is 0 Å².